The second kappa shape index (κ2) is 11.3. The van der Waals surface area contributed by atoms with Crippen molar-refractivity contribution in [1.29, 1.82) is 0 Å². The van der Waals surface area contributed by atoms with Crippen molar-refractivity contribution in [2.75, 3.05) is 27.8 Å². The molecule has 0 bridgehead atoms. The SMILES string of the molecule is CC(=O)Nc1ccc(NCC(=O)Nc2ccc(NC(=O)CCc3ccccc3)cc2)cc1. The van der Waals surface area contributed by atoms with Gasteiger partial charge >= 0.3 is 0 Å². The summed E-state index contributed by atoms with van der Waals surface area (Å²) in [7, 11) is 0. The van der Waals surface area contributed by atoms with Crippen molar-refractivity contribution in [3.63, 3.8) is 0 Å². The van der Waals surface area contributed by atoms with E-state index in [0.717, 1.165) is 11.3 Å². The maximum Gasteiger partial charge on any atom is 0.243 e. The van der Waals surface area contributed by atoms with Gasteiger partial charge in [-0.2, -0.15) is 0 Å². The summed E-state index contributed by atoms with van der Waals surface area (Å²) in [5.74, 6) is -0.391. The molecule has 0 aliphatic heterocycles. The van der Waals surface area contributed by atoms with Gasteiger partial charge in [-0.25, -0.2) is 0 Å². The Bertz CT molecular complexity index is 1050. The summed E-state index contributed by atoms with van der Waals surface area (Å²) in [6.45, 7) is 1.54. The van der Waals surface area contributed by atoms with E-state index in [4.69, 9.17) is 0 Å². The van der Waals surface area contributed by atoms with E-state index in [1.165, 1.54) is 6.92 Å². The quantitative estimate of drug-likeness (QED) is 0.407. The molecule has 0 spiro atoms. The molecule has 0 saturated carbocycles. The lowest BCUT2D eigenvalue weighted by atomic mass is 10.1. The fourth-order valence-corrected chi connectivity index (χ4v) is 3.03. The fourth-order valence-electron chi connectivity index (χ4n) is 3.03. The molecule has 3 rings (SSSR count). The van der Waals surface area contributed by atoms with Gasteiger partial charge in [-0.1, -0.05) is 30.3 Å². The molecule has 4 N–H and O–H groups in total. The van der Waals surface area contributed by atoms with Crippen molar-refractivity contribution in [3.8, 4) is 0 Å². The van der Waals surface area contributed by atoms with Gasteiger partial charge < -0.3 is 21.3 Å². The monoisotopic (exact) mass is 430 g/mol. The van der Waals surface area contributed by atoms with Gasteiger partial charge in [0.15, 0.2) is 0 Å². The Morgan fingerprint density at radius 1 is 0.625 bits per heavy atom. The van der Waals surface area contributed by atoms with Crippen LogP contribution in [0.4, 0.5) is 22.7 Å². The molecule has 0 radical (unpaired) electrons. The number of hydrogen-bond donors (Lipinski definition) is 4. The van der Waals surface area contributed by atoms with Crippen LogP contribution in [0.25, 0.3) is 0 Å². The number of hydrogen-bond acceptors (Lipinski definition) is 4. The Labute approximate surface area is 187 Å². The largest absolute Gasteiger partial charge is 0.376 e. The zero-order chi connectivity index (χ0) is 22.8. The maximum atomic E-state index is 12.2. The van der Waals surface area contributed by atoms with Gasteiger partial charge in [0, 0.05) is 36.1 Å². The minimum absolute atomic E-state index is 0.0561. The molecular weight excluding hydrogens is 404 g/mol. The molecule has 0 aliphatic rings. The van der Waals surface area contributed by atoms with Crippen molar-refractivity contribution in [1.82, 2.24) is 0 Å². The third kappa shape index (κ3) is 7.60. The Morgan fingerprint density at radius 2 is 1.12 bits per heavy atom. The first-order chi connectivity index (χ1) is 15.5. The van der Waals surface area contributed by atoms with Crippen LogP contribution in [0.3, 0.4) is 0 Å². The summed E-state index contributed by atoms with van der Waals surface area (Å²) in [5.41, 5.74) is 3.90. The van der Waals surface area contributed by atoms with Crippen LogP contribution in [0.15, 0.2) is 78.9 Å². The highest BCUT2D eigenvalue weighted by atomic mass is 16.2. The van der Waals surface area contributed by atoms with E-state index in [1.807, 2.05) is 30.3 Å². The molecule has 3 aromatic carbocycles. The van der Waals surface area contributed by atoms with E-state index < -0.39 is 0 Å². The molecule has 3 aromatic rings. The van der Waals surface area contributed by atoms with Crippen LogP contribution in [-0.2, 0) is 20.8 Å². The molecule has 0 fully saturated rings. The van der Waals surface area contributed by atoms with Crippen LogP contribution in [0, 0.1) is 0 Å². The summed E-state index contributed by atoms with van der Waals surface area (Å²) in [6.07, 6.45) is 1.09. The van der Waals surface area contributed by atoms with E-state index in [1.54, 1.807) is 48.5 Å². The standard InChI is InChI=1S/C25H26N4O3/c1-18(30)27-21-10-8-20(9-11-21)26-17-25(32)29-23-14-12-22(13-15-23)28-24(31)16-7-19-5-3-2-4-6-19/h2-6,8-15,26H,7,16-17H2,1H3,(H,27,30)(H,28,31)(H,29,32). The van der Waals surface area contributed by atoms with Gasteiger partial charge in [0.05, 0.1) is 6.54 Å². The third-order valence-corrected chi connectivity index (χ3v) is 4.59. The second-order valence-electron chi connectivity index (χ2n) is 7.27. The summed E-state index contributed by atoms with van der Waals surface area (Å²) in [5, 5.41) is 11.4. The van der Waals surface area contributed by atoms with Crippen molar-refractivity contribution >= 4 is 40.5 Å². The number of amides is 3. The normalized spacial score (nSPS) is 10.2. The zero-order valence-corrected chi connectivity index (χ0v) is 17.9. The molecule has 164 valence electrons. The Hall–Kier alpha value is -4.13. The van der Waals surface area contributed by atoms with Gasteiger partial charge in [0.25, 0.3) is 0 Å². The summed E-state index contributed by atoms with van der Waals surface area (Å²) < 4.78 is 0. The average Bonchev–Trinajstić information content (AvgIpc) is 2.79. The number of rotatable bonds is 9. The van der Waals surface area contributed by atoms with Gasteiger partial charge in [0.2, 0.25) is 17.7 Å². The number of carbonyl (C=O) groups is 3. The molecule has 7 nitrogen and oxygen atoms in total. The van der Waals surface area contributed by atoms with Gasteiger partial charge in [-0.05, 0) is 60.5 Å². The van der Waals surface area contributed by atoms with E-state index in [2.05, 4.69) is 21.3 Å². The molecule has 0 saturated heterocycles. The van der Waals surface area contributed by atoms with Gasteiger partial charge in [0.1, 0.15) is 0 Å². The van der Waals surface area contributed by atoms with Crippen molar-refractivity contribution in [3.05, 3.63) is 84.4 Å². The Morgan fingerprint density at radius 3 is 1.69 bits per heavy atom. The highest BCUT2D eigenvalue weighted by Gasteiger charge is 2.06. The van der Waals surface area contributed by atoms with E-state index >= 15 is 0 Å². The van der Waals surface area contributed by atoms with Crippen molar-refractivity contribution < 1.29 is 14.4 Å². The van der Waals surface area contributed by atoms with Crippen LogP contribution >= 0.6 is 0 Å². The Kier molecular flexibility index (Phi) is 7.97. The van der Waals surface area contributed by atoms with E-state index in [0.29, 0.717) is 29.9 Å². The molecule has 32 heavy (non-hydrogen) atoms. The molecule has 0 unspecified atom stereocenters. The van der Waals surface area contributed by atoms with Gasteiger partial charge in [-0.3, -0.25) is 14.4 Å². The number of aryl methyl sites for hydroxylation is 1. The average molecular weight is 431 g/mol. The van der Waals surface area contributed by atoms with Crippen LogP contribution in [0.2, 0.25) is 0 Å². The predicted octanol–water partition coefficient (Wildman–Crippen LogP) is 4.27. The Balaban J connectivity index is 1.41. The molecule has 0 aliphatic carbocycles. The molecule has 7 heteroatoms. The minimum atomic E-state index is -0.199. The van der Waals surface area contributed by atoms with Crippen LogP contribution < -0.4 is 21.3 Å². The highest BCUT2D eigenvalue weighted by Crippen LogP contribution is 2.15. The predicted molar refractivity (Wildman–Crippen MR) is 128 cm³/mol. The highest BCUT2D eigenvalue weighted by molar-refractivity contribution is 5.95. The lowest BCUT2D eigenvalue weighted by molar-refractivity contribution is -0.116. The lowest BCUT2D eigenvalue weighted by Crippen LogP contribution is -2.21. The lowest BCUT2D eigenvalue weighted by Gasteiger charge is -2.10. The molecule has 0 atom stereocenters. The van der Waals surface area contributed by atoms with Crippen LogP contribution in [0.1, 0.15) is 18.9 Å². The first-order valence-corrected chi connectivity index (χ1v) is 10.3. The summed E-state index contributed by atoms with van der Waals surface area (Å²) in [4.78, 5) is 35.4. The number of anilines is 4. The molecule has 0 aromatic heterocycles. The number of nitrogens with one attached hydrogen (secondary N) is 4. The zero-order valence-electron chi connectivity index (χ0n) is 17.9. The first-order valence-electron chi connectivity index (χ1n) is 10.3. The summed E-state index contributed by atoms with van der Waals surface area (Å²) >= 11 is 0. The third-order valence-electron chi connectivity index (χ3n) is 4.59. The van der Waals surface area contributed by atoms with Crippen molar-refractivity contribution in [2.24, 2.45) is 0 Å². The van der Waals surface area contributed by atoms with Crippen LogP contribution in [0.5, 0.6) is 0 Å². The van der Waals surface area contributed by atoms with Crippen LogP contribution in [-0.4, -0.2) is 24.3 Å². The molecule has 3 amide bonds. The topological polar surface area (TPSA) is 99.3 Å². The first kappa shape index (κ1) is 22.6. The molecule has 0 heterocycles. The number of carbonyl (C=O) groups excluding carboxylic acids is 3. The minimum Gasteiger partial charge on any atom is -0.376 e. The second-order valence-corrected chi connectivity index (χ2v) is 7.27. The number of benzene rings is 3. The van der Waals surface area contributed by atoms with Crippen molar-refractivity contribution in [2.45, 2.75) is 19.8 Å². The van der Waals surface area contributed by atoms with E-state index in [9.17, 15) is 14.4 Å². The van der Waals surface area contributed by atoms with Gasteiger partial charge in [-0.15, -0.1) is 0 Å². The maximum absolute atomic E-state index is 12.2. The summed E-state index contributed by atoms with van der Waals surface area (Å²) in [6, 6.07) is 24.0. The molecular formula is C25H26N4O3. The fraction of sp³-hybridized carbons (Fsp3) is 0.160. The van der Waals surface area contributed by atoms with E-state index in [-0.39, 0.29) is 24.3 Å². The smallest absolute Gasteiger partial charge is 0.243 e.